The molecule has 1 saturated heterocycles. The maximum Gasteiger partial charge on any atom is 0.379 e. The second-order valence-electron chi connectivity index (χ2n) is 1.85. The Labute approximate surface area is 53.4 Å². The summed E-state index contributed by atoms with van der Waals surface area (Å²) >= 11 is 0. The van der Waals surface area contributed by atoms with Crippen LogP contribution in [0, 0.1) is 0 Å². The van der Waals surface area contributed by atoms with E-state index in [1.54, 1.807) is 0 Å². The topological polar surface area (TPSA) is 0 Å². The lowest BCUT2D eigenvalue weighted by atomic mass is 10.3. The summed E-state index contributed by atoms with van der Waals surface area (Å²) in [6.07, 6.45) is 0. The highest BCUT2D eigenvalue weighted by molar-refractivity contribution is 7.43. The highest BCUT2D eigenvalue weighted by Crippen LogP contribution is 2.72. The molecule has 0 amide bonds. The van der Waals surface area contributed by atoms with Crippen LogP contribution in [-0.2, 0) is 0 Å². The zero-order valence-corrected chi connectivity index (χ0v) is 5.27. The third-order valence-corrected chi connectivity index (χ3v) is 2.36. The fraction of sp³-hybridized carbons (Fsp3) is 1.00. The van der Waals surface area contributed by atoms with Crippen molar-refractivity contribution in [1.82, 2.24) is 0 Å². The second kappa shape index (κ2) is 1.60. The SMILES string of the molecule is FC1(F)PC(F)(F)C1(F)F. The first-order valence-corrected chi connectivity index (χ1v) is 3.13. The summed E-state index contributed by atoms with van der Waals surface area (Å²) in [4.78, 5) is 0. The summed E-state index contributed by atoms with van der Waals surface area (Å²) in [6, 6.07) is 0. The molecular formula is C3HF6P. The molecule has 1 heterocycles. The molecule has 10 heavy (non-hydrogen) atoms. The van der Waals surface area contributed by atoms with Gasteiger partial charge in [0.25, 0.3) is 0 Å². The van der Waals surface area contributed by atoms with Crippen molar-refractivity contribution in [2.45, 2.75) is 17.2 Å². The molecule has 1 rings (SSSR count). The number of hydrogen-bond acceptors (Lipinski definition) is 0. The zero-order valence-electron chi connectivity index (χ0n) is 4.27. The Bertz CT molecular complexity index is 146. The Balaban J connectivity index is 2.85. The van der Waals surface area contributed by atoms with Crippen LogP contribution in [-0.4, -0.2) is 17.2 Å². The van der Waals surface area contributed by atoms with Gasteiger partial charge in [-0.05, 0) is 0 Å². The van der Waals surface area contributed by atoms with E-state index >= 15 is 0 Å². The molecule has 0 aliphatic carbocycles. The first kappa shape index (κ1) is 8.11. The molecule has 0 saturated carbocycles. The van der Waals surface area contributed by atoms with Gasteiger partial charge < -0.3 is 0 Å². The van der Waals surface area contributed by atoms with Crippen molar-refractivity contribution in [2.75, 3.05) is 0 Å². The van der Waals surface area contributed by atoms with E-state index in [4.69, 9.17) is 0 Å². The van der Waals surface area contributed by atoms with Crippen LogP contribution in [0.5, 0.6) is 0 Å². The van der Waals surface area contributed by atoms with E-state index in [1.165, 1.54) is 0 Å². The Hall–Kier alpha value is 0.01000. The van der Waals surface area contributed by atoms with Crippen molar-refractivity contribution in [1.29, 1.82) is 0 Å². The fourth-order valence-corrected chi connectivity index (χ4v) is 1.32. The van der Waals surface area contributed by atoms with Crippen molar-refractivity contribution in [3.05, 3.63) is 0 Å². The van der Waals surface area contributed by atoms with E-state index in [-0.39, 0.29) is 0 Å². The zero-order chi connectivity index (χ0) is 8.21. The fourth-order valence-electron chi connectivity index (χ4n) is 0.489. The Morgan fingerprint density at radius 2 is 1.00 bits per heavy atom. The normalized spacial score (nSPS) is 33.0. The lowest BCUT2D eigenvalue weighted by molar-refractivity contribution is -0.274. The molecule has 0 radical (unpaired) electrons. The average molecular weight is 182 g/mol. The Morgan fingerprint density at radius 1 is 0.700 bits per heavy atom. The summed E-state index contributed by atoms with van der Waals surface area (Å²) in [5.41, 5.74) is -9.01. The van der Waals surface area contributed by atoms with Gasteiger partial charge in [-0.15, -0.1) is 0 Å². The Morgan fingerprint density at radius 3 is 1.00 bits per heavy atom. The number of alkyl halides is 6. The van der Waals surface area contributed by atoms with E-state index < -0.39 is 25.8 Å². The third-order valence-electron chi connectivity index (χ3n) is 1.10. The van der Waals surface area contributed by atoms with E-state index in [1.807, 2.05) is 0 Å². The van der Waals surface area contributed by atoms with Crippen molar-refractivity contribution < 1.29 is 26.3 Å². The molecule has 0 nitrogen and oxygen atoms in total. The molecule has 60 valence electrons. The van der Waals surface area contributed by atoms with Crippen LogP contribution in [0.2, 0.25) is 0 Å². The molecule has 1 aliphatic rings. The summed E-state index contributed by atoms with van der Waals surface area (Å²) < 4.78 is 69.6. The van der Waals surface area contributed by atoms with Crippen LogP contribution >= 0.6 is 8.58 Å². The van der Waals surface area contributed by atoms with Gasteiger partial charge in [0, 0.05) is 8.58 Å². The van der Waals surface area contributed by atoms with Gasteiger partial charge in [0.2, 0.25) is 0 Å². The monoisotopic (exact) mass is 182 g/mol. The number of hydrogen-bond donors (Lipinski definition) is 0. The first-order valence-electron chi connectivity index (χ1n) is 2.13. The summed E-state index contributed by atoms with van der Waals surface area (Å²) in [5.74, 6) is -5.14. The molecule has 1 aliphatic heterocycles. The minimum absolute atomic E-state index is 2.29. The number of rotatable bonds is 0. The maximum absolute atomic E-state index is 11.6. The minimum Gasteiger partial charge on any atom is -0.195 e. The molecule has 0 N–H and O–H groups in total. The Kier molecular flexibility index (Phi) is 1.30. The molecule has 0 unspecified atom stereocenters. The summed E-state index contributed by atoms with van der Waals surface area (Å²) in [7, 11) is -2.29. The van der Waals surface area contributed by atoms with Gasteiger partial charge >= 0.3 is 17.2 Å². The molecule has 0 spiro atoms. The van der Waals surface area contributed by atoms with Gasteiger partial charge in [0.1, 0.15) is 0 Å². The largest absolute Gasteiger partial charge is 0.379 e. The standard InChI is InChI=1S/C3HF6P/c4-1(5)2(6,7)10-3(1,8)9/h10H. The van der Waals surface area contributed by atoms with Crippen LogP contribution in [0.25, 0.3) is 0 Å². The van der Waals surface area contributed by atoms with E-state index in [0.29, 0.717) is 0 Å². The van der Waals surface area contributed by atoms with E-state index in [0.717, 1.165) is 0 Å². The third kappa shape index (κ3) is 0.683. The molecule has 7 heteroatoms. The highest BCUT2D eigenvalue weighted by atomic mass is 31.1. The predicted molar refractivity (Wildman–Crippen MR) is 23.2 cm³/mol. The van der Waals surface area contributed by atoms with Gasteiger partial charge in [0.15, 0.2) is 0 Å². The van der Waals surface area contributed by atoms with Crippen molar-refractivity contribution in [2.24, 2.45) is 0 Å². The molecule has 0 aromatic rings. The van der Waals surface area contributed by atoms with E-state index in [9.17, 15) is 26.3 Å². The minimum atomic E-state index is -5.14. The van der Waals surface area contributed by atoms with Gasteiger partial charge in [-0.1, -0.05) is 0 Å². The maximum atomic E-state index is 11.6. The van der Waals surface area contributed by atoms with Gasteiger partial charge in [-0.3, -0.25) is 0 Å². The smallest absolute Gasteiger partial charge is 0.195 e. The van der Waals surface area contributed by atoms with Crippen LogP contribution in [0.1, 0.15) is 0 Å². The predicted octanol–water partition coefficient (Wildman–Crippen LogP) is 2.50. The van der Waals surface area contributed by atoms with Crippen LogP contribution in [0.15, 0.2) is 0 Å². The van der Waals surface area contributed by atoms with Crippen molar-refractivity contribution in [3.8, 4) is 0 Å². The average Bonchev–Trinajstić information content (AvgIpc) is 1.61. The summed E-state index contributed by atoms with van der Waals surface area (Å²) in [5, 5.41) is 0. The molecule has 0 atom stereocenters. The molecule has 1 fully saturated rings. The quantitative estimate of drug-likeness (QED) is 0.398. The van der Waals surface area contributed by atoms with E-state index in [2.05, 4.69) is 0 Å². The summed E-state index contributed by atoms with van der Waals surface area (Å²) in [6.45, 7) is 0. The van der Waals surface area contributed by atoms with Crippen LogP contribution in [0.3, 0.4) is 0 Å². The lowest BCUT2D eigenvalue weighted by Gasteiger charge is -2.42. The van der Waals surface area contributed by atoms with Gasteiger partial charge in [-0.25, -0.2) is 0 Å². The van der Waals surface area contributed by atoms with Crippen molar-refractivity contribution >= 4 is 8.58 Å². The van der Waals surface area contributed by atoms with Crippen LogP contribution < -0.4 is 0 Å². The van der Waals surface area contributed by atoms with Gasteiger partial charge in [0.05, 0.1) is 0 Å². The molecular weight excluding hydrogens is 181 g/mol. The molecule has 0 aromatic heterocycles. The second-order valence-corrected chi connectivity index (χ2v) is 3.35. The van der Waals surface area contributed by atoms with Gasteiger partial charge in [-0.2, -0.15) is 26.3 Å². The van der Waals surface area contributed by atoms with Crippen molar-refractivity contribution in [3.63, 3.8) is 0 Å². The molecule has 0 bridgehead atoms. The first-order chi connectivity index (χ1) is 4.21. The lowest BCUT2D eigenvalue weighted by Crippen LogP contribution is -2.60. The van der Waals surface area contributed by atoms with Crippen LogP contribution in [0.4, 0.5) is 26.3 Å². The highest BCUT2D eigenvalue weighted by Gasteiger charge is 2.84. The molecule has 0 aromatic carbocycles. The number of halogens is 6.